The van der Waals surface area contributed by atoms with Gasteiger partial charge in [-0.25, -0.2) is 0 Å². The Balaban J connectivity index is 1.88. The van der Waals surface area contributed by atoms with Crippen LogP contribution >= 0.6 is 0 Å². The predicted molar refractivity (Wildman–Crippen MR) is 66.7 cm³/mol. The Bertz CT molecular complexity index is 301. The second-order valence-electron chi connectivity index (χ2n) is 4.56. The average molecular weight is 219 g/mol. The molecule has 0 bridgehead atoms. The van der Waals surface area contributed by atoms with Crippen molar-refractivity contribution in [2.75, 3.05) is 6.54 Å². The van der Waals surface area contributed by atoms with Crippen molar-refractivity contribution in [1.82, 2.24) is 0 Å². The summed E-state index contributed by atoms with van der Waals surface area (Å²) in [4.78, 5) is 0. The summed E-state index contributed by atoms with van der Waals surface area (Å²) in [5.74, 6) is 1.01. The van der Waals surface area contributed by atoms with E-state index in [1.165, 1.54) is 37.7 Å². The van der Waals surface area contributed by atoms with Crippen LogP contribution in [0.15, 0.2) is 24.3 Å². The molecule has 0 unspecified atom stereocenters. The van der Waals surface area contributed by atoms with Crippen molar-refractivity contribution in [3.05, 3.63) is 29.8 Å². The minimum Gasteiger partial charge on any atom is -0.490 e. The highest BCUT2D eigenvalue weighted by molar-refractivity contribution is 5.27. The maximum Gasteiger partial charge on any atom is 0.119 e. The quantitative estimate of drug-likeness (QED) is 0.845. The fourth-order valence-corrected chi connectivity index (χ4v) is 2.28. The maximum absolute atomic E-state index is 5.96. The fourth-order valence-electron chi connectivity index (χ4n) is 2.28. The molecule has 0 aliphatic heterocycles. The second-order valence-corrected chi connectivity index (χ2v) is 4.56. The third-order valence-electron chi connectivity index (χ3n) is 3.21. The van der Waals surface area contributed by atoms with Gasteiger partial charge >= 0.3 is 0 Å². The zero-order valence-electron chi connectivity index (χ0n) is 9.82. The molecule has 16 heavy (non-hydrogen) atoms. The molecule has 0 heterocycles. The molecule has 0 spiro atoms. The molecule has 0 radical (unpaired) electrons. The Morgan fingerprint density at radius 2 is 1.75 bits per heavy atom. The molecular weight excluding hydrogens is 198 g/mol. The standard InChI is InChI=1S/C14H21NO/c15-11-10-12-6-8-14(9-7-12)16-13-4-2-1-3-5-13/h6-9,13H,1-5,10-11,15H2. The van der Waals surface area contributed by atoms with Crippen LogP contribution in [0.25, 0.3) is 0 Å². The smallest absolute Gasteiger partial charge is 0.119 e. The van der Waals surface area contributed by atoms with Crippen molar-refractivity contribution in [2.24, 2.45) is 5.73 Å². The van der Waals surface area contributed by atoms with E-state index in [-0.39, 0.29) is 0 Å². The molecule has 2 heteroatoms. The highest BCUT2D eigenvalue weighted by Gasteiger charge is 2.14. The van der Waals surface area contributed by atoms with Crippen LogP contribution in [0.2, 0.25) is 0 Å². The number of nitrogens with two attached hydrogens (primary N) is 1. The molecule has 88 valence electrons. The zero-order valence-corrected chi connectivity index (χ0v) is 9.82. The summed E-state index contributed by atoms with van der Waals surface area (Å²) >= 11 is 0. The molecule has 0 aromatic heterocycles. The Morgan fingerprint density at radius 3 is 2.38 bits per heavy atom. The van der Waals surface area contributed by atoms with Gasteiger partial charge < -0.3 is 10.5 Å². The lowest BCUT2D eigenvalue weighted by molar-refractivity contribution is 0.155. The molecule has 2 nitrogen and oxygen atoms in total. The largest absolute Gasteiger partial charge is 0.490 e. The Morgan fingerprint density at radius 1 is 1.06 bits per heavy atom. The lowest BCUT2D eigenvalue weighted by Crippen LogP contribution is -2.19. The molecule has 0 saturated heterocycles. The van der Waals surface area contributed by atoms with Crippen LogP contribution in [-0.2, 0) is 6.42 Å². The van der Waals surface area contributed by atoms with Crippen LogP contribution in [0.1, 0.15) is 37.7 Å². The number of ether oxygens (including phenoxy) is 1. The van der Waals surface area contributed by atoms with Crippen LogP contribution in [0.4, 0.5) is 0 Å². The summed E-state index contributed by atoms with van der Waals surface area (Å²) in [6.07, 6.45) is 7.81. The molecule has 1 fully saturated rings. The molecule has 1 aromatic rings. The van der Waals surface area contributed by atoms with Crippen molar-refractivity contribution in [1.29, 1.82) is 0 Å². The topological polar surface area (TPSA) is 35.2 Å². The van der Waals surface area contributed by atoms with Crippen LogP contribution < -0.4 is 10.5 Å². The van der Waals surface area contributed by atoms with Crippen LogP contribution in [-0.4, -0.2) is 12.6 Å². The first-order valence-corrected chi connectivity index (χ1v) is 6.34. The van der Waals surface area contributed by atoms with Crippen molar-refractivity contribution in [3.63, 3.8) is 0 Å². The molecule has 2 rings (SSSR count). The molecule has 1 aliphatic rings. The van der Waals surface area contributed by atoms with Gasteiger partial charge in [0.25, 0.3) is 0 Å². The number of benzene rings is 1. The Labute approximate surface area is 97.8 Å². The number of hydrogen-bond acceptors (Lipinski definition) is 2. The van der Waals surface area contributed by atoms with E-state index >= 15 is 0 Å². The van der Waals surface area contributed by atoms with Crippen LogP contribution in [0.5, 0.6) is 5.75 Å². The minimum atomic E-state index is 0.439. The van der Waals surface area contributed by atoms with Gasteiger partial charge in [0.1, 0.15) is 5.75 Å². The van der Waals surface area contributed by atoms with Gasteiger partial charge in [-0.1, -0.05) is 18.6 Å². The minimum absolute atomic E-state index is 0.439. The molecular formula is C14H21NO. The van der Waals surface area contributed by atoms with E-state index in [0.29, 0.717) is 12.6 Å². The van der Waals surface area contributed by atoms with Crippen molar-refractivity contribution in [3.8, 4) is 5.75 Å². The SMILES string of the molecule is NCCc1ccc(OC2CCCCC2)cc1. The van der Waals surface area contributed by atoms with Gasteiger partial charge in [-0.05, 0) is 56.3 Å². The first-order valence-electron chi connectivity index (χ1n) is 6.34. The molecule has 1 saturated carbocycles. The summed E-state index contributed by atoms with van der Waals surface area (Å²) < 4.78 is 5.96. The third-order valence-corrected chi connectivity index (χ3v) is 3.21. The van der Waals surface area contributed by atoms with Gasteiger partial charge in [0.05, 0.1) is 6.10 Å². The van der Waals surface area contributed by atoms with E-state index in [1.807, 2.05) is 0 Å². The van der Waals surface area contributed by atoms with Crippen molar-refractivity contribution >= 4 is 0 Å². The van der Waals surface area contributed by atoms with E-state index in [1.54, 1.807) is 0 Å². The van der Waals surface area contributed by atoms with E-state index < -0.39 is 0 Å². The summed E-state index contributed by atoms with van der Waals surface area (Å²) in [5, 5.41) is 0. The molecule has 1 aliphatic carbocycles. The van der Waals surface area contributed by atoms with E-state index in [2.05, 4.69) is 24.3 Å². The lowest BCUT2D eigenvalue weighted by atomic mass is 9.98. The van der Waals surface area contributed by atoms with E-state index in [0.717, 1.165) is 12.2 Å². The maximum atomic E-state index is 5.96. The van der Waals surface area contributed by atoms with Gasteiger partial charge in [-0.3, -0.25) is 0 Å². The summed E-state index contributed by atoms with van der Waals surface area (Å²) in [5.41, 5.74) is 6.81. The molecule has 2 N–H and O–H groups in total. The summed E-state index contributed by atoms with van der Waals surface area (Å²) in [6.45, 7) is 0.711. The molecule has 0 atom stereocenters. The third kappa shape index (κ3) is 3.24. The number of hydrogen-bond donors (Lipinski definition) is 1. The first-order chi connectivity index (χ1) is 7.88. The monoisotopic (exact) mass is 219 g/mol. The van der Waals surface area contributed by atoms with Gasteiger partial charge in [-0.15, -0.1) is 0 Å². The average Bonchev–Trinajstić information content (AvgIpc) is 2.33. The van der Waals surface area contributed by atoms with Gasteiger partial charge in [0, 0.05) is 0 Å². The van der Waals surface area contributed by atoms with Crippen molar-refractivity contribution < 1.29 is 4.74 Å². The second kappa shape index (κ2) is 5.90. The lowest BCUT2D eigenvalue weighted by Gasteiger charge is -2.23. The fraction of sp³-hybridized carbons (Fsp3) is 0.571. The van der Waals surface area contributed by atoms with E-state index in [9.17, 15) is 0 Å². The Hall–Kier alpha value is -1.02. The van der Waals surface area contributed by atoms with Gasteiger partial charge in [0.15, 0.2) is 0 Å². The molecule has 1 aromatic carbocycles. The summed E-state index contributed by atoms with van der Waals surface area (Å²) in [6, 6.07) is 8.37. The van der Waals surface area contributed by atoms with E-state index in [4.69, 9.17) is 10.5 Å². The van der Waals surface area contributed by atoms with Crippen LogP contribution in [0, 0.1) is 0 Å². The normalized spacial score (nSPS) is 17.3. The molecule has 0 amide bonds. The van der Waals surface area contributed by atoms with Gasteiger partial charge in [-0.2, -0.15) is 0 Å². The van der Waals surface area contributed by atoms with Gasteiger partial charge in [0.2, 0.25) is 0 Å². The Kier molecular flexibility index (Phi) is 4.23. The van der Waals surface area contributed by atoms with Crippen LogP contribution in [0.3, 0.4) is 0 Å². The highest BCUT2D eigenvalue weighted by atomic mass is 16.5. The number of rotatable bonds is 4. The zero-order chi connectivity index (χ0) is 11.2. The predicted octanol–water partition coefficient (Wildman–Crippen LogP) is 2.90. The highest BCUT2D eigenvalue weighted by Crippen LogP contribution is 2.23. The first kappa shape index (κ1) is 11.5. The summed E-state index contributed by atoms with van der Waals surface area (Å²) in [7, 11) is 0. The van der Waals surface area contributed by atoms with Crippen molar-refractivity contribution in [2.45, 2.75) is 44.6 Å².